The van der Waals surface area contributed by atoms with Gasteiger partial charge in [-0.2, -0.15) is 0 Å². The van der Waals surface area contributed by atoms with Gasteiger partial charge in [-0.1, -0.05) is 65.7 Å². The zero-order valence-electron chi connectivity index (χ0n) is 18.4. The standard InChI is InChI=1S/C15H13ClN4O2.C8H5ClN4O/c16-11-7-4-8-12(9-11)20-18-15(17-19-20)14(22)13(21)10-5-2-1-3-6-10;9-6-2-1-3-7(4-6)13-11-8(5-14)10-12-13/h1-9,13-14,21-22H;1-5H. The zero-order valence-corrected chi connectivity index (χ0v) is 19.9. The maximum Gasteiger partial charge on any atom is 0.237 e. The molecule has 5 aromatic rings. The average molecular weight is 525 g/mol. The molecule has 0 bridgehead atoms. The largest absolute Gasteiger partial charge is 0.385 e. The predicted molar refractivity (Wildman–Crippen MR) is 130 cm³/mol. The van der Waals surface area contributed by atoms with Crippen molar-refractivity contribution in [3.05, 3.63) is 106 Å². The normalized spacial score (nSPS) is 12.3. The highest BCUT2D eigenvalue weighted by Gasteiger charge is 2.24. The third-order valence-corrected chi connectivity index (χ3v) is 5.22. The molecule has 0 spiro atoms. The van der Waals surface area contributed by atoms with Gasteiger partial charge in [-0.25, -0.2) is 0 Å². The van der Waals surface area contributed by atoms with Crippen molar-refractivity contribution in [1.29, 1.82) is 0 Å². The minimum absolute atomic E-state index is 0.0383. The zero-order chi connectivity index (χ0) is 25.5. The number of hydrogen-bond acceptors (Lipinski definition) is 9. The number of aliphatic hydroxyl groups excluding tert-OH is 2. The Labute approximate surface area is 214 Å². The van der Waals surface area contributed by atoms with E-state index in [1.807, 2.05) is 6.07 Å². The molecule has 2 aromatic heterocycles. The van der Waals surface area contributed by atoms with E-state index in [0.717, 1.165) is 0 Å². The number of nitrogens with zero attached hydrogens (tertiary/aromatic N) is 8. The van der Waals surface area contributed by atoms with Crippen molar-refractivity contribution in [3.63, 3.8) is 0 Å². The van der Waals surface area contributed by atoms with Gasteiger partial charge in [0.25, 0.3) is 0 Å². The average Bonchev–Trinajstić information content (AvgIpc) is 3.59. The van der Waals surface area contributed by atoms with Crippen LogP contribution in [0.4, 0.5) is 0 Å². The van der Waals surface area contributed by atoms with Crippen LogP contribution in [0.2, 0.25) is 10.0 Å². The molecule has 0 saturated carbocycles. The number of halogens is 2. The Morgan fingerprint density at radius 2 is 1.31 bits per heavy atom. The fraction of sp³-hybridized carbons (Fsp3) is 0.0870. The number of tetrazole rings is 2. The SMILES string of the molecule is O=Cc1nnn(-c2cccc(Cl)c2)n1.OC(c1ccccc1)C(O)c1nnn(-c2cccc(Cl)c2)n1. The highest BCUT2D eigenvalue weighted by atomic mass is 35.5. The molecule has 36 heavy (non-hydrogen) atoms. The second-order valence-electron chi connectivity index (χ2n) is 7.25. The Hall–Kier alpha value is -4.03. The van der Waals surface area contributed by atoms with E-state index in [2.05, 4.69) is 30.8 Å². The first-order valence-electron chi connectivity index (χ1n) is 10.4. The van der Waals surface area contributed by atoms with Crippen molar-refractivity contribution < 1.29 is 15.0 Å². The molecule has 5 rings (SSSR count). The monoisotopic (exact) mass is 524 g/mol. The van der Waals surface area contributed by atoms with Crippen LogP contribution >= 0.6 is 23.2 Å². The number of carbonyl (C=O) groups is 1. The molecule has 3 aromatic carbocycles. The Morgan fingerprint density at radius 3 is 1.86 bits per heavy atom. The summed E-state index contributed by atoms with van der Waals surface area (Å²) in [5.41, 5.74) is 1.86. The highest BCUT2D eigenvalue weighted by molar-refractivity contribution is 6.31. The maximum absolute atomic E-state index is 10.3. The maximum atomic E-state index is 10.3. The highest BCUT2D eigenvalue weighted by Crippen LogP contribution is 2.26. The Morgan fingerprint density at radius 1 is 0.722 bits per heavy atom. The summed E-state index contributed by atoms with van der Waals surface area (Å²) in [6, 6.07) is 22.7. The summed E-state index contributed by atoms with van der Waals surface area (Å²) in [4.78, 5) is 12.8. The van der Waals surface area contributed by atoms with Gasteiger partial charge in [0.1, 0.15) is 12.2 Å². The summed E-state index contributed by atoms with van der Waals surface area (Å²) in [5, 5.41) is 44.3. The van der Waals surface area contributed by atoms with Crippen LogP contribution in [0.1, 0.15) is 34.2 Å². The minimum atomic E-state index is -1.27. The second kappa shape index (κ2) is 11.6. The van der Waals surface area contributed by atoms with E-state index in [9.17, 15) is 15.0 Å². The number of aliphatic hydroxyl groups is 2. The second-order valence-corrected chi connectivity index (χ2v) is 8.12. The number of hydrogen-bond donors (Lipinski definition) is 2. The number of benzene rings is 3. The lowest BCUT2D eigenvalue weighted by Gasteiger charge is -2.14. The van der Waals surface area contributed by atoms with Crippen LogP contribution in [0.3, 0.4) is 0 Å². The van der Waals surface area contributed by atoms with Crippen molar-refractivity contribution in [2.24, 2.45) is 0 Å². The first-order chi connectivity index (χ1) is 17.4. The van der Waals surface area contributed by atoms with E-state index >= 15 is 0 Å². The molecule has 0 amide bonds. The number of carbonyl (C=O) groups excluding carboxylic acids is 1. The fourth-order valence-electron chi connectivity index (χ4n) is 3.01. The number of aldehydes is 1. The van der Waals surface area contributed by atoms with Crippen molar-refractivity contribution >= 4 is 29.5 Å². The van der Waals surface area contributed by atoms with Gasteiger partial charge < -0.3 is 10.2 Å². The summed E-state index contributed by atoms with van der Waals surface area (Å²) in [7, 11) is 0. The van der Waals surface area contributed by atoms with Crippen LogP contribution in [0.5, 0.6) is 0 Å². The molecule has 11 nitrogen and oxygen atoms in total. The summed E-state index contributed by atoms with van der Waals surface area (Å²) in [6.45, 7) is 0. The van der Waals surface area contributed by atoms with Crippen LogP contribution in [-0.4, -0.2) is 56.9 Å². The molecule has 0 aliphatic rings. The lowest BCUT2D eigenvalue weighted by Crippen LogP contribution is -2.12. The number of aromatic nitrogens is 8. The molecule has 13 heteroatoms. The van der Waals surface area contributed by atoms with Gasteiger partial charge in [-0.15, -0.1) is 30.0 Å². The third kappa shape index (κ3) is 6.15. The van der Waals surface area contributed by atoms with E-state index in [-0.39, 0.29) is 11.6 Å². The lowest BCUT2D eigenvalue weighted by atomic mass is 10.0. The van der Waals surface area contributed by atoms with Crippen molar-refractivity contribution in [3.8, 4) is 11.4 Å². The van der Waals surface area contributed by atoms with Crippen LogP contribution in [0.25, 0.3) is 11.4 Å². The van der Waals surface area contributed by atoms with E-state index in [4.69, 9.17) is 23.2 Å². The van der Waals surface area contributed by atoms with Crippen molar-refractivity contribution in [2.75, 3.05) is 0 Å². The van der Waals surface area contributed by atoms with Crippen LogP contribution in [0.15, 0.2) is 78.9 Å². The van der Waals surface area contributed by atoms with Gasteiger partial charge in [0.05, 0.1) is 11.4 Å². The van der Waals surface area contributed by atoms with Crippen molar-refractivity contribution in [2.45, 2.75) is 12.2 Å². The molecule has 2 heterocycles. The van der Waals surface area contributed by atoms with E-state index in [1.54, 1.807) is 72.8 Å². The van der Waals surface area contributed by atoms with Gasteiger partial charge in [0.15, 0.2) is 6.29 Å². The molecular formula is C23H18Cl2N8O3. The molecule has 2 atom stereocenters. The summed E-state index contributed by atoms with van der Waals surface area (Å²) in [6.07, 6.45) is -1.86. The molecule has 2 unspecified atom stereocenters. The van der Waals surface area contributed by atoms with Gasteiger partial charge in [-0.3, -0.25) is 4.79 Å². The van der Waals surface area contributed by atoms with E-state index in [1.165, 1.54) is 9.59 Å². The van der Waals surface area contributed by atoms with E-state index in [0.29, 0.717) is 33.3 Å². The quantitative estimate of drug-likeness (QED) is 0.319. The Bertz CT molecular complexity index is 1440. The minimum Gasteiger partial charge on any atom is -0.385 e. The Balaban J connectivity index is 0.000000187. The predicted octanol–water partition coefficient (Wildman–Crippen LogP) is 3.21. The van der Waals surface area contributed by atoms with Gasteiger partial charge >= 0.3 is 0 Å². The summed E-state index contributed by atoms with van der Waals surface area (Å²) in [5.74, 6) is 0.0845. The van der Waals surface area contributed by atoms with Gasteiger partial charge in [0.2, 0.25) is 11.6 Å². The van der Waals surface area contributed by atoms with E-state index < -0.39 is 12.2 Å². The first kappa shape index (κ1) is 25.1. The molecule has 0 aliphatic heterocycles. The topological polar surface area (TPSA) is 145 Å². The van der Waals surface area contributed by atoms with Crippen molar-refractivity contribution in [1.82, 2.24) is 40.4 Å². The fourth-order valence-corrected chi connectivity index (χ4v) is 3.38. The van der Waals surface area contributed by atoms with Gasteiger partial charge in [-0.05, 0) is 52.4 Å². The molecule has 2 N–H and O–H groups in total. The molecular weight excluding hydrogens is 507 g/mol. The summed E-state index contributed by atoms with van der Waals surface area (Å²) < 4.78 is 0. The van der Waals surface area contributed by atoms with Crippen LogP contribution in [0, 0.1) is 0 Å². The number of rotatable bonds is 6. The molecule has 0 fully saturated rings. The first-order valence-corrected chi connectivity index (χ1v) is 11.2. The molecule has 0 saturated heterocycles. The molecule has 182 valence electrons. The third-order valence-electron chi connectivity index (χ3n) is 4.75. The smallest absolute Gasteiger partial charge is 0.237 e. The Kier molecular flexibility index (Phi) is 8.08. The van der Waals surface area contributed by atoms with Crippen LogP contribution < -0.4 is 0 Å². The van der Waals surface area contributed by atoms with Crippen LogP contribution in [-0.2, 0) is 0 Å². The molecule has 0 radical (unpaired) electrons. The summed E-state index contributed by atoms with van der Waals surface area (Å²) >= 11 is 11.7. The lowest BCUT2D eigenvalue weighted by molar-refractivity contribution is 0.0117. The van der Waals surface area contributed by atoms with Gasteiger partial charge in [0, 0.05) is 10.0 Å². The molecule has 0 aliphatic carbocycles.